The van der Waals surface area contributed by atoms with Crippen molar-refractivity contribution in [3.8, 4) is 0 Å². The Kier molecular flexibility index (Phi) is 4.90. The lowest BCUT2D eigenvalue weighted by atomic mass is 9.98. The largest absolute Gasteiger partial charge is 0.370 e. The Labute approximate surface area is 130 Å². The standard InChI is InChI=1S/C16H25BrN2O/c1-11-5-6-13(14(17)7-11)15(8-18)19-9-12(2)20-16(3,4)10-19/h5-7,12,15H,8-10,18H2,1-4H3. The third-order valence-corrected chi connectivity index (χ3v) is 4.46. The first-order valence-corrected chi connectivity index (χ1v) is 7.99. The summed E-state index contributed by atoms with van der Waals surface area (Å²) in [7, 11) is 0. The van der Waals surface area contributed by atoms with E-state index in [0.29, 0.717) is 6.54 Å². The fourth-order valence-corrected chi connectivity index (χ4v) is 3.87. The van der Waals surface area contributed by atoms with Gasteiger partial charge in [-0.15, -0.1) is 0 Å². The number of ether oxygens (including phenoxy) is 1. The lowest BCUT2D eigenvalue weighted by molar-refractivity contribution is -0.137. The van der Waals surface area contributed by atoms with Gasteiger partial charge in [0.1, 0.15) is 0 Å². The van der Waals surface area contributed by atoms with Crippen LogP contribution in [0.15, 0.2) is 22.7 Å². The molecule has 112 valence electrons. The van der Waals surface area contributed by atoms with E-state index in [4.69, 9.17) is 10.5 Å². The first kappa shape index (κ1) is 16.0. The van der Waals surface area contributed by atoms with Gasteiger partial charge in [0.2, 0.25) is 0 Å². The molecular weight excluding hydrogens is 316 g/mol. The van der Waals surface area contributed by atoms with Crippen LogP contribution in [0.2, 0.25) is 0 Å². The highest BCUT2D eigenvalue weighted by molar-refractivity contribution is 9.10. The van der Waals surface area contributed by atoms with Crippen LogP contribution in [-0.2, 0) is 4.74 Å². The van der Waals surface area contributed by atoms with E-state index >= 15 is 0 Å². The Morgan fingerprint density at radius 2 is 2.20 bits per heavy atom. The predicted octanol–water partition coefficient (Wildman–Crippen LogP) is 3.26. The Morgan fingerprint density at radius 3 is 2.75 bits per heavy atom. The first-order valence-electron chi connectivity index (χ1n) is 7.20. The van der Waals surface area contributed by atoms with Gasteiger partial charge in [0.05, 0.1) is 11.7 Å². The lowest BCUT2D eigenvalue weighted by Crippen LogP contribution is -2.53. The molecule has 2 atom stereocenters. The molecule has 1 saturated heterocycles. The zero-order valence-corrected chi connectivity index (χ0v) is 14.4. The Morgan fingerprint density at radius 1 is 1.50 bits per heavy atom. The third kappa shape index (κ3) is 3.61. The Hall–Kier alpha value is -0.420. The topological polar surface area (TPSA) is 38.5 Å². The summed E-state index contributed by atoms with van der Waals surface area (Å²) in [4.78, 5) is 2.45. The molecule has 2 rings (SSSR count). The van der Waals surface area contributed by atoms with Crippen molar-refractivity contribution in [2.24, 2.45) is 5.73 Å². The summed E-state index contributed by atoms with van der Waals surface area (Å²) in [6.45, 7) is 11.0. The normalized spacial score (nSPS) is 24.6. The summed E-state index contributed by atoms with van der Waals surface area (Å²) in [6.07, 6.45) is 0.233. The van der Waals surface area contributed by atoms with Gasteiger partial charge >= 0.3 is 0 Å². The molecular formula is C16H25BrN2O. The summed E-state index contributed by atoms with van der Waals surface area (Å²) >= 11 is 3.69. The molecule has 2 unspecified atom stereocenters. The molecule has 20 heavy (non-hydrogen) atoms. The van der Waals surface area contributed by atoms with Gasteiger partial charge in [-0.1, -0.05) is 28.1 Å². The summed E-state index contributed by atoms with van der Waals surface area (Å²) in [5.41, 5.74) is 8.47. The van der Waals surface area contributed by atoms with E-state index in [9.17, 15) is 0 Å². The van der Waals surface area contributed by atoms with E-state index < -0.39 is 0 Å². The van der Waals surface area contributed by atoms with Gasteiger partial charge in [0.25, 0.3) is 0 Å². The van der Waals surface area contributed by atoms with Crippen LogP contribution in [0, 0.1) is 6.92 Å². The second kappa shape index (κ2) is 6.14. The average Bonchev–Trinajstić information content (AvgIpc) is 2.30. The van der Waals surface area contributed by atoms with Gasteiger partial charge in [0, 0.05) is 30.1 Å². The number of hydrogen-bond acceptors (Lipinski definition) is 3. The summed E-state index contributed by atoms with van der Waals surface area (Å²) in [6, 6.07) is 6.73. The van der Waals surface area contributed by atoms with E-state index in [-0.39, 0.29) is 17.7 Å². The molecule has 4 heteroatoms. The maximum absolute atomic E-state index is 6.07. The first-order chi connectivity index (χ1) is 9.32. The highest BCUT2D eigenvalue weighted by Crippen LogP contribution is 2.32. The molecule has 0 amide bonds. The van der Waals surface area contributed by atoms with E-state index in [1.807, 2.05) is 0 Å². The number of morpholine rings is 1. The van der Waals surface area contributed by atoms with Gasteiger partial charge in [-0.25, -0.2) is 0 Å². The SMILES string of the molecule is Cc1ccc(C(CN)N2CC(C)OC(C)(C)C2)c(Br)c1. The fraction of sp³-hybridized carbons (Fsp3) is 0.625. The minimum absolute atomic E-state index is 0.123. The van der Waals surface area contributed by atoms with Crippen molar-refractivity contribution < 1.29 is 4.74 Å². The number of hydrogen-bond donors (Lipinski definition) is 1. The number of nitrogens with two attached hydrogens (primary N) is 1. The maximum Gasteiger partial charge on any atom is 0.0757 e. The molecule has 1 aliphatic heterocycles. The predicted molar refractivity (Wildman–Crippen MR) is 86.9 cm³/mol. The summed E-state index contributed by atoms with van der Waals surface area (Å²) < 4.78 is 7.13. The zero-order valence-electron chi connectivity index (χ0n) is 12.8. The molecule has 1 aromatic rings. The average molecular weight is 341 g/mol. The second-order valence-corrected chi connectivity index (χ2v) is 7.25. The molecule has 3 nitrogen and oxygen atoms in total. The highest BCUT2D eigenvalue weighted by atomic mass is 79.9. The monoisotopic (exact) mass is 340 g/mol. The third-order valence-electron chi connectivity index (χ3n) is 3.77. The van der Waals surface area contributed by atoms with Crippen molar-refractivity contribution in [2.45, 2.75) is 45.4 Å². The minimum Gasteiger partial charge on any atom is -0.370 e. The van der Waals surface area contributed by atoms with Crippen LogP contribution in [0.3, 0.4) is 0 Å². The molecule has 1 heterocycles. The minimum atomic E-state index is -0.123. The second-order valence-electron chi connectivity index (χ2n) is 6.39. The van der Waals surface area contributed by atoms with E-state index in [1.165, 1.54) is 11.1 Å². The number of rotatable bonds is 3. The molecule has 1 aliphatic rings. The van der Waals surface area contributed by atoms with Crippen LogP contribution >= 0.6 is 15.9 Å². The molecule has 2 N–H and O–H groups in total. The van der Waals surface area contributed by atoms with Gasteiger partial charge in [-0.3, -0.25) is 4.90 Å². The summed E-state index contributed by atoms with van der Waals surface area (Å²) in [5.74, 6) is 0. The van der Waals surface area contributed by atoms with E-state index in [1.54, 1.807) is 0 Å². The number of halogens is 1. The van der Waals surface area contributed by atoms with Crippen LogP contribution in [-0.4, -0.2) is 36.2 Å². The van der Waals surface area contributed by atoms with Gasteiger partial charge in [0.15, 0.2) is 0 Å². The number of benzene rings is 1. The molecule has 1 aromatic carbocycles. The van der Waals surface area contributed by atoms with Crippen LogP contribution in [0.5, 0.6) is 0 Å². The van der Waals surface area contributed by atoms with Crippen molar-refractivity contribution in [1.82, 2.24) is 4.90 Å². The molecule has 0 radical (unpaired) electrons. The maximum atomic E-state index is 6.07. The molecule has 0 aromatic heterocycles. The van der Waals surface area contributed by atoms with Crippen molar-refractivity contribution >= 4 is 15.9 Å². The summed E-state index contributed by atoms with van der Waals surface area (Å²) in [5, 5.41) is 0. The van der Waals surface area contributed by atoms with Gasteiger partial charge in [-0.2, -0.15) is 0 Å². The van der Waals surface area contributed by atoms with Gasteiger partial charge in [-0.05, 0) is 44.9 Å². The quantitative estimate of drug-likeness (QED) is 0.917. The lowest BCUT2D eigenvalue weighted by Gasteiger charge is -2.45. The molecule has 0 bridgehead atoms. The Balaban J connectivity index is 2.27. The van der Waals surface area contributed by atoms with E-state index in [2.05, 4.69) is 66.7 Å². The zero-order chi connectivity index (χ0) is 14.9. The van der Waals surface area contributed by atoms with Crippen LogP contribution in [0.4, 0.5) is 0 Å². The molecule has 0 saturated carbocycles. The van der Waals surface area contributed by atoms with E-state index in [0.717, 1.165) is 17.6 Å². The van der Waals surface area contributed by atoms with Crippen LogP contribution in [0.25, 0.3) is 0 Å². The van der Waals surface area contributed by atoms with Crippen molar-refractivity contribution in [3.63, 3.8) is 0 Å². The molecule has 0 spiro atoms. The number of aryl methyl sites for hydroxylation is 1. The smallest absolute Gasteiger partial charge is 0.0757 e. The van der Waals surface area contributed by atoms with Gasteiger partial charge < -0.3 is 10.5 Å². The Bertz CT molecular complexity index is 476. The number of nitrogens with zero attached hydrogens (tertiary/aromatic N) is 1. The van der Waals surface area contributed by atoms with Crippen molar-refractivity contribution in [2.75, 3.05) is 19.6 Å². The van der Waals surface area contributed by atoms with Crippen molar-refractivity contribution in [3.05, 3.63) is 33.8 Å². The van der Waals surface area contributed by atoms with Crippen LogP contribution in [0.1, 0.15) is 37.9 Å². The molecule has 0 aliphatic carbocycles. The molecule has 1 fully saturated rings. The highest BCUT2D eigenvalue weighted by Gasteiger charge is 2.35. The van der Waals surface area contributed by atoms with Crippen LogP contribution < -0.4 is 5.73 Å². The fourth-order valence-electron chi connectivity index (χ4n) is 3.12. The van der Waals surface area contributed by atoms with Crippen molar-refractivity contribution in [1.29, 1.82) is 0 Å².